The first-order chi connectivity index (χ1) is 12.6. The molecule has 0 unspecified atom stereocenters. The molecule has 1 fully saturated rings. The summed E-state index contributed by atoms with van der Waals surface area (Å²) in [6.45, 7) is 1.35. The number of carbonyl (C=O) groups is 1. The SMILES string of the molecule is O=C(O)NC1(CO)CCN(c2ncc(OCc3ccccc3)cn2)CC1. The van der Waals surface area contributed by atoms with E-state index < -0.39 is 11.6 Å². The van der Waals surface area contributed by atoms with E-state index in [1.807, 2.05) is 35.2 Å². The van der Waals surface area contributed by atoms with E-state index in [0.717, 1.165) is 5.56 Å². The first kappa shape index (κ1) is 17.9. The van der Waals surface area contributed by atoms with E-state index in [0.29, 0.717) is 44.2 Å². The first-order valence-corrected chi connectivity index (χ1v) is 8.46. The molecule has 3 rings (SSSR count). The fourth-order valence-electron chi connectivity index (χ4n) is 2.97. The summed E-state index contributed by atoms with van der Waals surface area (Å²) in [7, 11) is 0. The van der Waals surface area contributed by atoms with Crippen molar-refractivity contribution < 1.29 is 19.7 Å². The van der Waals surface area contributed by atoms with Crippen molar-refractivity contribution in [3.8, 4) is 5.75 Å². The Kier molecular flexibility index (Phi) is 5.52. The van der Waals surface area contributed by atoms with Gasteiger partial charge in [0.1, 0.15) is 6.61 Å². The summed E-state index contributed by atoms with van der Waals surface area (Å²) in [5.74, 6) is 1.16. The molecule has 1 amide bonds. The molecule has 0 saturated carbocycles. The number of carboxylic acid groups (broad SMARTS) is 1. The summed E-state index contributed by atoms with van der Waals surface area (Å²) in [6, 6.07) is 9.85. The van der Waals surface area contributed by atoms with E-state index in [1.165, 1.54) is 0 Å². The van der Waals surface area contributed by atoms with Gasteiger partial charge in [-0.05, 0) is 18.4 Å². The molecule has 0 aliphatic carbocycles. The molecule has 1 aromatic heterocycles. The average molecular weight is 358 g/mol. The summed E-state index contributed by atoms with van der Waals surface area (Å²) in [5, 5.41) is 20.9. The molecular weight excluding hydrogens is 336 g/mol. The van der Waals surface area contributed by atoms with Crippen LogP contribution in [-0.4, -0.2) is 51.5 Å². The van der Waals surface area contributed by atoms with Gasteiger partial charge >= 0.3 is 6.09 Å². The van der Waals surface area contributed by atoms with Gasteiger partial charge in [-0.2, -0.15) is 0 Å². The Bertz CT molecular complexity index is 716. The van der Waals surface area contributed by atoms with Gasteiger partial charge < -0.3 is 25.2 Å². The van der Waals surface area contributed by atoms with Crippen LogP contribution in [0, 0.1) is 0 Å². The van der Waals surface area contributed by atoms with E-state index >= 15 is 0 Å². The van der Waals surface area contributed by atoms with E-state index in [-0.39, 0.29) is 6.61 Å². The Morgan fingerprint density at radius 3 is 2.42 bits per heavy atom. The van der Waals surface area contributed by atoms with Gasteiger partial charge in [-0.15, -0.1) is 0 Å². The van der Waals surface area contributed by atoms with Gasteiger partial charge in [-0.25, -0.2) is 14.8 Å². The van der Waals surface area contributed by atoms with Crippen LogP contribution in [0.5, 0.6) is 5.75 Å². The second-order valence-electron chi connectivity index (χ2n) is 6.35. The van der Waals surface area contributed by atoms with Crippen LogP contribution in [0.15, 0.2) is 42.7 Å². The fourth-order valence-corrected chi connectivity index (χ4v) is 2.97. The fraction of sp³-hybridized carbons (Fsp3) is 0.389. The highest BCUT2D eigenvalue weighted by molar-refractivity contribution is 5.65. The van der Waals surface area contributed by atoms with Crippen molar-refractivity contribution in [2.75, 3.05) is 24.6 Å². The van der Waals surface area contributed by atoms with Gasteiger partial charge in [0.25, 0.3) is 0 Å². The van der Waals surface area contributed by atoms with Gasteiger partial charge in [-0.1, -0.05) is 30.3 Å². The van der Waals surface area contributed by atoms with Crippen molar-refractivity contribution >= 4 is 12.0 Å². The molecule has 0 bridgehead atoms. The molecular formula is C18H22N4O4. The Morgan fingerprint density at radius 2 is 1.85 bits per heavy atom. The standard InChI is InChI=1S/C18H22N4O4/c23-13-18(21-17(24)25)6-8-22(9-7-18)16-19-10-15(11-20-16)26-12-14-4-2-1-3-5-14/h1-5,10-11,21,23H,6-9,12-13H2,(H,24,25). The number of aliphatic hydroxyl groups is 1. The lowest BCUT2D eigenvalue weighted by molar-refractivity contribution is 0.120. The van der Waals surface area contributed by atoms with E-state index in [2.05, 4.69) is 15.3 Å². The highest BCUT2D eigenvalue weighted by Gasteiger charge is 2.36. The Labute approximate surface area is 151 Å². The summed E-state index contributed by atoms with van der Waals surface area (Å²) in [6.07, 6.45) is 3.13. The number of anilines is 1. The minimum Gasteiger partial charge on any atom is -0.486 e. The van der Waals surface area contributed by atoms with Crippen molar-refractivity contribution in [2.45, 2.75) is 25.0 Å². The average Bonchev–Trinajstić information content (AvgIpc) is 2.68. The summed E-state index contributed by atoms with van der Waals surface area (Å²) >= 11 is 0. The van der Waals surface area contributed by atoms with Crippen molar-refractivity contribution in [3.63, 3.8) is 0 Å². The van der Waals surface area contributed by atoms with Crippen LogP contribution in [0.2, 0.25) is 0 Å². The molecule has 1 aliphatic heterocycles. The van der Waals surface area contributed by atoms with Gasteiger partial charge in [0.05, 0.1) is 24.5 Å². The summed E-state index contributed by atoms with van der Waals surface area (Å²) in [5.41, 5.74) is 0.278. The predicted octanol–water partition coefficient (Wildman–Crippen LogP) is 1.65. The molecule has 3 N–H and O–H groups in total. The third-order valence-electron chi connectivity index (χ3n) is 4.54. The number of aromatic nitrogens is 2. The van der Waals surface area contributed by atoms with E-state index in [9.17, 15) is 9.90 Å². The topological polar surface area (TPSA) is 108 Å². The van der Waals surface area contributed by atoms with Crippen molar-refractivity contribution in [3.05, 3.63) is 48.3 Å². The number of benzene rings is 1. The zero-order chi connectivity index (χ0) is 18.4. The van der Waals surface area contributed by atoms with Crippen molar-refractivity contribution in [1.82, 2.24) is 15.3 Å². The first-order valence-electron chi connectivity index (χ1n) is 8.46. The number of hydrogen-bond donors (Lipinski definition) is 3. The van der Waals surface area contributed by atoms with Crippen LogP contribution in [0.25, 0.3) is 0 Å². The number of amides is 1. The molecule has 8 heteroatoms. The Morgan fingerprint density at radius 1 is 1.19 bits per heavy atom. The number of rotatable bonds is 6. The van der Waals surface area contributed by atoms with Gasteiger partial charge in [0, 0.05) is 13.1 Å². The lowest BCUT2D eigenvalue weighted by Gasteiger charge is -2.40. The molecule has 0 atom stereocenters. The monoisotopic (exact) mass is 358 g/mol. The maximum Gasteiger partial charge on any atom is 0.405 e. The lowest BCUT2D eigenvalue weighted by Crippen LogP contribution is -2.57. The maximum absolute atomic E-state index is 10.9. The molecule has 2 heterocycles. The number of hydrogen-bond acceptors (Lipinski definition) is 6. The van der Waals surface area contributed by atoms with Gasteiger partial charge in [0.2, 0.25) is 5.95 Å². The molecule has 138 valence electrons. The highest BCUT2D eigenvalue weighted by Crippen LogP contribution is 2.25. The normalized spacial score (nSPS) is 16.1. The number of aliphatic hydroxyl groups excluding tert-OH is 1. The quantitative estimate of drug-likeness (QED) is 0.720. The third kappa shape index (κ3) is 4.40. The Balaban J connectivity index is 1.55. The third-order valence-corrected chi connectivity index (χ3v) is 4.54. The van der Waals surface area contributed by atoms with Crippen LogP contribution >= 0.6 is 0 Å². The van der Waals surface area contributed by atoms with Crippen molar-refractivity contribution in [2.24, 2.45) is 0 Å². The van der Waals surface area contributed by atoms with Crippen LogP contribution < -0.4 is 15.0 Å². The largest absolute Gasteiger partial charge is 0.486 e. The number of piperidine rings is 1. The summed E-state index contributed by atoms with van der Waals surface area (Å²) in [4.78, 5) is 21.6. The lowest BCUT2D eigenvalue weighted by atomic mass is 9.88. The minimum atomic E-state index is -1.12. The summed E-state index contributed by atoms with van der Waals surface area (Å²) < 4.78 is 5.68. The van der Waals surface area contributed by atoms with Crippen LogP contribution in [0.4, 0.5) is 10.7 Å². The van der Waals surface area contributed by atoms with Crippen LogP contribution in [-0.2, 0) is 6.61 Å². The molecule has 8 nitrogen and oxygen atoms in total. The van der Waals surface area contributed by atoms with Crippen LogP contribution in [0.3, 0.4) is 0 Å². The number of nitrogens with one attached hydrogen (secondary N) is 1. The second kappa shape index (κ2) is 8.01. The molecule has 26 heavy (non-hydrogen) atoms. The van der Waals surface area contributed by atoms with E-state index in [1.54, 1.807) is 12.4 Å². The molecule has 2 aromatic rings. The van der Waals surface area contributed by atoms with Gasteiger partial charge in [0.15, 0.2) is 5.75 Å². The number of ether oxygens (including phenoxy) is 1. The molecule has 1 aliphatic rings. The Hall–Kier alpha value is -2.87. The minimum absolute atomic E-state index is 0.222. The predicted molar refractivity (Wildman–Crippen MR) is 95.2 cm³/mol. The zero-order valence-corrected chi connectivity index (χ0v) is 14.3. The second-order valence-corrected chi connectivity index (χ2v) is 6.35. The van der Waals surface area contributed by atoms with Crippen LogP contribution in [0.1, 0.15) is 18.4 Å². The van der Waals surface area contributed by atoms with E-state index in [4.69, 9.17) is 9.84 Å². The maximum atomic E-state index is 10.9. The zero-order valence-electron chi connectivity index (χ0n) is 14.3. The number of nitrogens with zero attached hydrogens (tertiary/aromatic N) is 3. The molecule has 1 aromatic carbocycles. The highest BCUT2D eigenvalue weighted by atomic mass is 16.5. The molecule has 0 radical (unpaired) electrons. The molecule has 1 saturated heterocycles. The van der Waals surface area contributed by atoms with Gasteiger partial charge in [-0.3, -0.25) is 0 Å². The smallest absolute Gasteiger partial charge is 0.405 e. The van der Waals surface area contributed by atoms with Crippen molar-refractivity contribution in [1.29, 1.82) is 0 Å². The molecule has 0 spiro atoms.